The molecule has 4 rings (SSSR count). The van der Waals surface area contributed by atoms with Gasteiger partial charge in [-0.15, -0.1) is 49.0 Å². The summed E-state index contributed by atoms with van der Waals surface area (Å²) in [5, 5.41) is 0. The van der Waals surface area contributed by atoms with E-state index in [0.717, 1.165) is 37.4 Å². The molecule has 0 aliphatic heterocycles. The van der Waals surface area contributed by atoms with Gasteiger partial charge in [-0.25, -0.2) is 0 Å². The van der Waals surface area contributed by atoms with E-state index in [4.69, 9.17) is 0 Å². The third kappa shape index (κ3) is 5.28. The molecule has 0 amide bonds. The molecule has 12 heteroatoms. The van der Waals surface area contributed by atoms with Gasteiger partial charge in [0.05, 0.1) is 15.2 Å². The third-order valence-electron chi connectivity index (χ3n) is 4.19. The van der Waals surface area contributed by atoms with E-state index >= 15 is 0 Å². The van der Waals surface area contributed by atoms with Crippen LogP contribution in [0.4, 0.5) is 26.3 Å². The van der Waals surface area contributed by atoms with Gasteiger partial charge in [-0.05, 0) is 80.6 Å². The zero-order valence-corrected chi connectivity index (χ0v) is 21.2. The van der Waals surface area contributed by atoms with E-state index in [1.807, 2.05) is 0 Å². The van der Waals surface area contributed by atoms with E-state index < -0.39 is 12.7 Å². The van der Waals surface area contributed by atoms with Crippen LogP contribution in [0.15, 0.2) is 48.5 Å². The number of thiophene rings is 2. The minimum absolute atomic E-state index is 0.301. The van der Waals surface area contributed by atoms with E-state index in [1.54, 1.807) is 24.3 Å². The Bertz CT molecular complexity index is 1160. The van der Waals surface area contributed by atoms with E-state index in [2.05, 4.69) is 54.7 Å². The molecule has 0 fully saturated rings. The van der Waals surface area contributed by atoms with Crippen molar-refractivity contribution in [1.29, 1.82) is 0 Å². The fourth-order valence-corrected chi connectivity index (χ4v) is 8.28. The lowest BCUT2D eigenvalue weighted by Crippen LogP contribution is -2.16. The number of fused-ring (bicyclic) bond motifs is 1. The second kappa shape index (κ2) is 8.83. The maximum absolute atomic E-state index is 12.4. The summed E-state index contributed by atoms with van der Waals surface area (Å²) in [6.07, 6.45) is -9.52. The van der Waals surface area contributed by atoms with Crippen LogP contribution in [0.2, 0.25) is 0 Å². The molecule has 0 aliphatic rings. The molecular weight excluding hydrogens is 704 g/mol. The van der Waals surface area contributed by atoms with Crippen LogP contribution in [0.3, 0.4) is 0 Å². The summed E-state index contributed by atoms with van der Waals surface area (Å²) in [6.45, 7) is 0. The number of hydrogen-bond acceptors (Lipinski definition) is 4. The standard InChI is InChI=1S/C20H8F6I2O2S2/c21-19(22,23)29-11-5-1-9(2-6-11)13-15-16(32-17(13)27)14(18(28)31-15)10-3-7-12(8-4-10)30-20(24,25)26/h1-8H. The number of hydrogen-bond donors (Lipinski definition) is 0. The summed E-state index contributed by atoms with van der Waals surface area (Å²) < 4.78 is 86.2. The first-order valence-corrected chi connectivity index (χ1v) is 12.3. The monoisotopic (exact) mass is 712 g/mol. The molecule has 32 heavy (non-hydrogen) atoms. The predicted octanol–water partition coefficient (Wildman–Crippen LogP) is 9.30. The smallest absolute Gasteiger partial charge is 0.406 e. The Hall–Kier alpha value is -1.26. The van der Waals surface area contributed by atoms with Gasteiger partial charge in [0.25, 0.3) is 0 Å². The number of alkyl halides is 6. The summed E-state index contributed by atoms with van der Waals surface area (Å²) in [4.78, 5) is 0. The lowest BCUT2D eigenvalue weighted by molar-refractivity contribution is -0.275. The van der Waals surface area contributed by atoms with Gasteiger partial charge in [-0.2, -0.15) is 0 Å². The molecule has 0 atom stereocenters. The van der Waals surface area contributed by atoms with Crippen molar-refractivity contribution in [2.24, 2.45) is 0 Å². The normalized spacial score (nSPS) is 12.4. The van der Waals surface area contributed by atoms with E-state index in [0.29, 0.717) is 0 Å². The SMILES string of the molecule is FC(F)(F)Oc1ccc(-c2c(I)sc3c(-c4ccc(OC(F)(F)F)cc4)c(I)sc23)cc1. The van der Waals surface area contributed by atoms with Gasteiger partial charge >= 0.3 is 12.7 Å². The van der Waals surface area contributed by atoms with Gasteiger partial charge in [-0.1, -0.05) is 24.3 Å². The molecule has 2 aromatic heterocycles. The second-order valence-corrected chi connectivity index (χ2v) is 12.0. The Morgan fingerprint density at radius 3 is 1.16 bits per heavy atom. The lowest BCUT2D eigenvalue weighted by atomic mass is 10.1. The molecule has 2 heterocycles. The van der Waals surface area contributed by atoms with Crippen LogP contribution in [-0.4, -0.2) is 12.7 Å². The Balaban J connectivity index is 1.71. The van der Waals surface area contributed by atoms with E-state index in [1.165, 1.54) is 46.9 Å². The highest BCUT2D eigenvalue weighted by Gasteiger charge is 2.32. The van der Waals surface area contributed by atoms with Gasteiger partial charge in [-0.3, -0.25) is 0 Å². The maximum atomic E-state index is 12.4. The van der Waals surface area contributed by atoms with E-state index in [9.17, 15) is 26.3 Å². The zero-order chi connectivity index (χ0) is 23.3. The molecule has 0 bridgehead atoms. The van der Waals surface area contributed by atoms with Crippen LogP contribution in [-0.2, 0) is 0 Å². The number of benzene rings is 2. The van der Waals surface area contributed by atoms with Crippen LogP contribution in [0.25, 0.3) is 31.7 Å². The first kappa shape index (κ1) is 23.9. The molecule has 0 spiro atoms. The lowest BCUT2D eigenvalue weighted by Gasteiger charge is -2.09. The van der Waals surface area contributed by atoms with Crippen LogP contribution in [0, 0.1) is 5.77 Å². The van der Waals surface area contributed by atoms with E-state index in [-0.39, 0.29) is 11.5 Å². The fraction of sp³-hybridized carbons (Fsp3) is 0.100. The zero-order valence-electron chi connectivity index (χ0n) is 15.3. The first-order chi connectivity index (χ1) is 14.9. The van der Waals surface area contributed by atoms with Crippen molar-refractivity contribution in [3.63, 3.8) is 0 Å². The maximum Gasteiger partial charge on any atom is 0.573 e. The Morgan fingerprint density at radius 2 is 0.875 bits per heavy atom. The summed E-state index contributed by atoms with van der Waals surface area (Å²) in [7, 11) is 0. The quantitative estimate of drug-likeness (QED) is 0.155. The Morgan fingerprint density at radius 1 is 0.562 bits per heavy atom. The van der Waals surface area contributed by atoms with Crippen molar-refractivity contribution < 1.29 is 35.8 Å². The van der Waals surface area contributed by atoms with Crippen molar-refractivity contribution in [3.8, 4) is 33.8 Å². The average Bonchev–Trinajstić information content (AvgIpc) is 3.13. The number of ether oxygens (including phenoxy) is 2. The summed E-state index contributed by atoms with van der Waals surface area (Å²) in [5.41, 5.74) is 3.28. The Labute approximate surface area is 212 Å². The fourth-order valence-electron chi connectivity index (χ4n) is 3.02. The highest BCUT2D eigenvalue weighted by atomic mass is 127. The molecule has 2 nitrogen and oxygen atoms in total. The van der Waals surface area contributed by atoms with Crippen LogP contribution in [0.1, 0.15) is 0 Å². The minimum atomic E-state index is -4.76. The molecule has 0 unspecified atom stereocenters. The van der Waals surface area contributed by atoms with Gasteiger partial charge in [0.15, 0.2) is 0 Å². The topological polar surface area (TPSA) is 18.5 Å². The molecule has 0 radical (unpaired) electrons. The third-order valence-corrected chi connectivity index (χ3v) is 8.71. The highest BCUT2D eigenvalue weighted by Crippen LogP contribution is 2.50. The number of rotatable bonds is 4. The van der Waals surface area contributed by atoms with Crippen molar-refractivity contribution >= 4 is 77.3 Å². The molecule has 0 saturated carbocycles. The van der Waals surface area contributed by atoms with Crippen molar-refractivity contribution in [1.82, 2.24) is 0 Å². The Kier molecular flexibility index (Phi) is 6.59. The molecule has 168 valence electrons. The van der Waals surface area contributed by atoms with Crippen LogP contribution >= 0.6 is 67.9 Å². The average molecular weight is 712 g/mol. The van der Waals surface area contributed by atoms with Crippen LogP contribution in [0.5, 0.6) is 11.5 Å². The summed E-state index contributed by atoms with van der Waals surface area (Å²) in [5.74, 6) is -0.601. The van der Waals surface area contributed by atoms with Gasteiger partial charge in [0.2, 0.25) is 0 Å². The molecule has 4 aromatic rings. The van der Waals surface area contributed by atoms with Crippen LogP contribution < -0.4 is 9.47 Å². The summed E-state index contributed by atoms with van der Waals surface area (Å²) >= 11 is 7.39. The van der Waals surface area contributed by atoms with Crippen molar-refractivity contribution in [3.05, 3.63) is 54.3 Å². The molecule has 0 N–H and O–H groups in total. The van der Waals surface area contributed by atoms with Crippen molar-refractivity contribution in [2.45, 2.75) is 12.7 Å². The minimum Gasteiger partial charge on any atom is -0.406 e. The van der Waals surface area contributed by atoms with Gasteiger partial charge in [0, 0.05) is 11.1 Å². The van der Waals surface area contributed by atoms with Crippen molar-refractivity contribution in [2.75, 3.05) is 0 Å². The molecule has 2 aromatic carbocycles. The molecule has 0 saturated heterocycles. The highest BCUT2D eigenvalue weighted by molar-refractivity contribution is 14.1. The van der Waals surface area contributed by atoms with Gasteiger partial charge in [0.1, 0.15) is 11.5 Å². The first-order valence-electron chi connectivity index (χ1n) is 8.54. The second-order valence-electron chi connectivity index (χ2n) is 6.30. The molecular formula is C20H8F6I2O2S2. The largest absolute Gasteiger partial charge is 0.573 e. The molecule has 0 aliphatic carbocycles. The summed E-state index contributed by atoms with van der Waals surface area (Å²) in [6, 6.07) is 11.3. The predicted molar refractivity (Wildman–Crippen MR) is 129 cm³/mol. The van der Waals surface area contributed by atoms with Gasteiger partial charge < -0.3 is 9.47 Å². The number of halogens is 8.